The third kappa shape index (κ3) is 2.25. The number of fused-ring (bicyclic) bond motifs is 1. The molecular formula is C14H19NOS. The summed E-state index contributed by atoms with van der Waals surface area (Å²) in [7, 11) is 0. The van der Waals surface area contributed by atoms with E-state index in [1.54, 1.807) is 0 Å². The molecule has 0 saturated carbocycles. The summed E-state index contributed by atoms with van der Waals surface area (Å²) in [6.45, 7) is 3.29. The van der Waals surface area contributed by atoms with Gasteiger partial charge in [0.05, 0.1) is 0 Å². The Kier molecular flexibility index (Phi) is 2.95. The molecule has 17 heavy (non-hydrogen) atoms. The molecule has 2 aliphatic heterocycles. The van der Waals surface area contributed by atoms with Crippen LogP contribution < -0.4 is 10.1 Å². The maximum Gasteiger partial charge on any atom is 0.125 e. The predicted molar refractivity (Wildman–Crippen MR) is 74.2 cm³/mol. The fourth-order valence-electron chi connectivity index (χ4n) is 2.66. The SMILES string of the molecule is CC1(Oc2cccc3c2CCN3)CCCSC1. The average Bonchev–Trinajstić information content (AvgIpc) is 2.79. The van der Waals surface area contributed by atoms with Gasteiger partial charge in [-0.15, -0.1) is 0 Å². The summed E-state index contributed by atoms with van der Waals surface area (Å²) in [5.41, 5.74) is 2.65. The van der Waals surface area contributed by atoms with Gasteiger partial charge in [-0.3, -0.25) is 0 Å². The normalized spacial score (nSPS) is 27.4. The lowest BCUT2D eigenvalue weighted by atomic mass is 10.0. The molecule has 92 valence electrons. The second-order valence-electron chi connectivity index (χ2n) is 5.17. The first-order valence-electron chi connectivity index (χ1n) is 6.39. The first-order valence-corrected chi connectivity index (χ1v) is 7.55. The number of rotatable bonds is 2. The van der Waals surface area contributed by atoms with E-state index >= 15 is 0 Å². The van der Waals surface area contributed by atoms with Crippen molar-refractivity contribution < 1.29 is 4.74 Å². The van der Waals surface area contributed by atoms with Crippen LogP contribution in [0.3, 0.4) is 0 Å². The van der Waals surface area contributed by atoms with Crippen LogP contribution >= 0.6 is 11.8 Å². The van der Waals surface area contributed by atoms with E-state index in [1.165, 1.54) is 29.8 Å². The Bertz CT molecular complexity index is 413. The van der Waals surface area contributed by atoms with Crippen LogP contribution in [0.1, 0.15) is 25.3 Å². The van der Waals surface area contributed by atoms with Crippen molar-refractivity contribution in [3.05, 3.63) is 23.8 Å². The van der Waals surface area contributed by atoms with Crippen LogP contribution in [0.5, 0.6) is 5.75 Å². The molecule has 2 nitrogen and oxygen atoms in total. The van der Waals surface area contributed by atoms with Crippen molar-refractivity contribution in [3.8, 4) is 5.75 Å². The van der Waals surface area contributed by atoms with Crippen molar-refractivity contribution in [1.29, 1.82) is 0 Å². The van der Waals surface area contributed by atoms with E-state index in [0.717, 1.165) is 24.5 Å². The minimum Gasteiger partial charge on any atom is -0.486 e. The Morgan fingerprint density at radius 1 is 1.41 bits per heavy atom. The monoisotopic (exact) mass is 249 g/mol. The van der Waals surface area contributed by atoms with Crippen LogP contribution in [0.2, 0.25) is 0 Å². The molecule has 1 saturated heterocycles. The highest BCUT2D eigenvalue weighted by Gasteiger charge is 2.30. The molecular weight excluding hydrogens is 230 g/mol. The quantitative estimate of drug-likeness (QED) is 0.869. The summed E-state index contributed by atoms with van der Waals surface area (Å²) in [6, 6.07) is 6.36. The van der Waals surface area contributed by atoms with Crippen LogP contribution in [0, 0.1) is 0 Å². The van der Waals surface area contributed by atoms with E-state index in [9.17, 15) is 0 Å². The number of thioether (sulfide) groups is 1. The molecule has 0 spiro atoms. The molecule has 1 unspecified atom stereocenters. The number of anilines is 1. The van der Waals surface area contributed by atoms with Gasteiger partial charge in [0.15, 0.2) is 0 Å². The number of nitrogens with one attached hydrogen (secondary N) is 1. The van der Waals surface area contributed by atoms with Crippen LogP contribution in [-0.4, -0.2) is 23.7 Å². The molecule has 2 aliphatic rings. The van der Waals surface area contributed by atoms with E-state index in [1.807, 2.05) is 11.8 Å². The summed E-state index contributed by atoms with van der Waals surface area (Å²) in [5.74, 6) is 3.50. The number of benzene rings is 1. The zero-order valence-electron chi connectivity index (χ0n) is 10.3. The molecule has 1 aromatic rings. The Labute approximate surface area is 107 Å². The molecule has 1 N–H and O–H groups in total. The largest absolute Gasteiger partial charge is 0.486 e. The molecule has 0 amide bonds. The zero-order chi connectivity index (χ0) is 11.7. The highest BCUT2D eigenvalue weighted by molar-refractivity contribution is 7.99. The topological polar surface area (TPSA) is 21.3 Å². The first kappa shape index (κ1) is 11.3. The highest BCUT2D eigenvalue weighted by Crippen LogP contribution is 2.36. The molecule has 1 fully saturated rings. The molecule has 0 radical (unpaired) electrons. The lowest BCUT2D eigenvalue weighted by Crippen LogP contribution is -2.38. The second kappa shape index (κ2) is 4.45. The van der Waals surface area contributed by atoms with Crippen LogP contribution in [0.4, 0.5) is 5.69 Å². The first-order chi connectivity index (χ1) is 8.27. The fourth-order valence-corrected chi connectivity index (χ4v) is 3.79. The van der Waals surface area contributed by atoms with Crippen molar-refractivity contribution in [2.75, 3.05) is 23.4 Å². The van der Waals surface area contributed by atoms with Gasteiger partial charge in [-0.2, -0.15) is 11.8 Å². The molecule has 1 aromatic carbocycles. The highest BCUT2D eigenvalue weighted by atomic mass is 32.2. The molecule has 3 heteroatoms. The Morgan fingerprint density at radius 3 is 3.18 bits per heavy atom. The smallest absolute Gasteiger partial charge is 0.125 e. The average molecular weight is 249 g/mol. The fraction of sp³-hybridized carbons (Fsp3) is 0.571. The van der Waals surface area contributed by atoms with E-state index in [-0.39, 0.29) is 5.60 Å². The lowest BCUT2D eigenvalue weighted by molar-refractivity contribution is 0.0998. The van der Waals surface area contributed by atoms with Gasteiger partial charge in [0.25, 0.3) is 0 Å². The number of hydrogen-bond acceptors (Lipinski definition) is 3. The Morgan fingerprint density at radius 2 is 2.35 bits per heavy atom. The summed E-state index contributed by atoms with van der Waals surface area (Å²) >= 11 is 2.01. The summed E-state index contributed by atoms with van der Waals surface area (Å²) < 4.78 is 6.32. The Hall–Kier alpha value is -0.830. The predicted octanol–water partition coefficient (Wildman–Crippen LogP) is 3.32. The molecule has 0 bridgehead atoms. The van der Waals surface area contributed by atoms with Crippen molar-refractivity contribution in [3.63, 3.8) is 0 Å². The Balaban J connectivity index is 1.83. The summed E-state index contributed by atoms with van der Waals surface area (Å²) in [5, 5.41) is 3.41. The van der Waals surface area contributed by atoms with Gasteiger partial charge >= 0.3 is 0 Å². The maximum atomic E-state index is 6.32. The van der Waals surface area contributed by atoms with Crippen LogP contribution in [0.15, 0.2) is 18.2 Å². The zero-order valence-corrected chi connectivity index (χ0v) is 11.1. The number of ether oxygens (including phenoxy) is 1. The van der Waals surface area contributed by atoms with Crippen molar-refractivity contribution >= 4 is 17.4 Å². The number of hydrogen-bond donors (Lipinski definition) is 1. The van der Waals surface area contributed by atoms with Crippen LogP contribution in [0.25, 0.3) is 0 Å². The lowest BCUT2D eigenvalue weighted by Gasteiger charge is -2.34. The molecule has 1 atom stereocenters. The minimum atomic E-state index is 0.0284. The van der Waals surface area contributed by atoms with Gasteiger partial charge < -0.3 is 10.1 Å². The third-order valence-electron chi connectivity index (χ3n) is 3.58. The van der Waals surface area contributed by atoms with E-state index in [2.05, 4.69) is 30.4 Å². The van der Waals surface area contributed by atoms with Crippen molar-refractivity contribution in [2.24, 2.45) is 0 Å². The standard InChI is InChI=1S/C14H19NOS/c1-14(7-3-9-17-10-14)16-13-5-2-4-12-11(13)6-8-15-12/h2,4-5,15H,3,6-10H2,1H3. The molecule has 0 aromatic heterocycles. The van der Waals surface area contributed by atoms with Gasteiger partial charge in [0, 0.05) is 23.5 Å². The minimum absolute atomic E-state index is 0.0284. The second-order valence-corrected chi connectivity index (χ2v) is 6.27. The molecule has 3 rings (SSSR count). The van der Waals surface area contributed by atoms with E-state index < -0.39 is 0 Å². The van der Waals surface area contributed by atoms with Gasteiger partial charge in [-0.1, -0.05) is 6.07 Å². The molecule has 0 aliphatic carbocycles. The third-order valence-corrected chi connectivity index (χ3v) is 4.97. The van der Waals surface area contributed by atoms with Crippen LogP contribution in [-0.2, 0) is 6.42 Å². The summed E-state index contributed by atoms with van der Waals surface area (Å²) in [4.78, 5) is 0. The van der Waals surface area contributed by atoms with Gasteiger partial charge in [0.1, 0.15) is 11.4 Å². The van der Waals surface area contributed by atoms with E-state index in [4.69, 9.17) is 4.74 Å². The van der Waals surface area contributed by atoms with Gasteiger partial charge in [-0.05, 0) is 44.1 Å². The molecule has 2 heterocycles. The van der Waals surface area contributed by atoms with Gasteiger partial charge in [0.2, 0.25) is 0 Å². The van der Waals surface area contributed by atoms with Crippen molar-refractivity contribution in [1.82, 2.24) is 0 Å². The maximum absolute atomic E-state index is 6.32. The van der Waals surface area contributed by atoms with Gasteiger partial charge in [-0.25, -0.2) is 0 Å². The summed E-state index contributed by atoms with van der Waals surface area (Å²) in [6.07, 6.45) is 3.54. The van der Waals surface area contributed by atoms with E-state index in [0.29, 0.717) is 0 Å². The van der Waals surface area contributed by atoms with Crippen molar-refractivity contribution in [2.45, 2.75) is 31.8 Å².